The SMILES string of the molecule is CC1(CC(=O)N2CCCC(CO)C2)CCCCC1. The number of carbonyl (C=O) groups excluding carboxylic acids is 1. The molecule has 2 aliphatic rings. The van der Waals surface area contributed by atoms with Crippen molar-refractivity contribution in [3.05, 3.63) is 0 Å². The van der Waals surface area contributed by atoms with Gasteiger partial charge < -0.3 is 10.0 Å². The fraction of sp³-hybridized carbons (Fsp3) is 0.933. The standard InChI is InChI=1S/C15H27NO2/c1-15(7-3-2-4-8-15)10-14(18)16-9-5-6-13(11-16)12-17/h13,17H,2-12H2,1H3. The van der Waals surface area contributed by atoms with Crippen molar-refractivity contribution in [1.82, 2.24) is 4.90 Å². The van der Waals surface area contributed by atoms with Crippen LogP contribution in [0.25, 0.3) is 0 Å². The second-order valence-electron chi connectivity index (χ2n) is 6.58. The van der Waals surface area contributed by atoms with Gasteiger partial charge in [0.05, 0.1) is 0 Å². The van der Waals surface area contributed by atoms with Crippen LogP contribution in [-0.2, 0) is 4.79 Å². The van der Waals surface area contributed by atoms with E-state index in [0.29, 0.717) is 18.2 Å². The molecule has 0 aromatic rings. The van der Waals surface area contributed by atoms with Crippen LogP contribution in [0, 0.1) is 11.3 Å². The molecule has 2 fully saturated rings. The molecule has 18 heavy (non-hydrogen) atoms. The number of aliphatic hydroxyl groups excluding tert-OH is 1. The van der Waals surface area contributed by atoms with Crippen LogP contribution in [0.4, 0.5) is 0 Å². The Labute approximate surface area is 111 Å². The molecule has 0 bridgehead atoms. The largest absolute Gasteiger partial charge is 0.396 e. The van der Waals surface area contributed by atoms with Gasteiger partial charge in [-0.25, -0.2) is 0 Å². The average molecular weight is 253 g/mol. The van der Waals surface area contributed by atoms with Crippen LogP contribution >= 0.6 is 0 Å². The highest BCUT2D eigenvalue weighted by molar-refractivity contribution is 5.77. The molecule has 0 aromatic heterocycles. The molecule has 1 saturated heterocycles. The van der Waals surface area contributed by atoms with Gasteiger partial charge in [0, 0.05) is 26.1 Å². The molecule has 1 aliphatic heterocycles. The Kier molecular flexibility index (Phi) is 4.66. The fourth-order valence-corrected chi connectivity index (χ4v) is 3.50. The zero-order valence-electron chi connectivity index (χ0n) is 11.7. The second kappa shape index (κ2) is 6.05. The number of likely N-dealkylation sites (tertiary alicyclic amines) is 1. The van der Waals surface area contributed by atoms with Crippen molar-refractivity contribution in [3.63, 3.8) is 0 Å². The Balaban J connectivity index is 1.86. The third kappa shape index (κ3) is 3.47. The molecule has 1 amide bonds. The minimum atomic E-state index is 0.223. The van der Waals surface area contributed by atoms with E-state index in [1.807, 2.05) is 4.90 Å². The molecule has 1 atom stereocenters. The van der Waals surface area contributed by atoms with Crippen LogP contribution in [-0.4, -0.2) is 35.6 Å². The predicted octanol–water partition coefficient (Wildman–Crippen LogP) is 2.58. The molecule has 2 rings (SSSR count). The van der Waals surface area contributed by atoms with Gasteiger partial charge in [0.25, 0.3) is 0 Å². The Morgan fingerprint density at radius 1 is 1.28 bits per heavy atom. The molecule has 1 unspecified atom stereocenters. The maximum atomic E-state index is 12.4. The number of hydrogen-bond donors (Lipinski definition) is 1. The second-order valence-corrected chi connectivity index (χ2v) is 6.58. The molecule has 0 spiro atoms. The molecule has 0 radical (unpaired) electrons. The maximum absolute atomic E-state index is 12.4. The Bertz CT molecular complexity index is 284. The number of carbonyl (C=O) groups is 1. The first-order valence-electron chi connectivity index (χ1n) is 7.52. The number of nitrogens with zero attached hydrogens (tertiary/aromatic N) is 1. The van der Waals surface area contributed by atoms with E-state index in [1.165, 1.54) is 32.1 Å². The first-order valence-corrected chi connectivity index (χ1v) is 7.52. The van der Waals surface area contributed by atoms with Gasteiger partial charge in [0.2, 0.25) is 5.91 Å². The quantitative estimate of drug-likeness (QED) is 0.840. The molecule has 1 aliphatic carbocycles. The lowest BCUT2D eigenvalue weighted by molar-refractivity contribution is -0.136. The molecular weight excluding hydrogens is 226 g/mol. The summed E-state index contributed by atoms with van der Waals surface area (Å²) in [6.45, 7) is 4.16. The number of hydrogen-bond acceptors (Lipinski definition) is 2. The van der Waals surface area contributed by atoms with Gasteiger partial charge in [-0.1, -0.05) is 26.2 Å². The minimum absolute atomic E-state index is 0.223. The van der Waals surface area contributed by atoms with E-state index in [1.54, 1.807) is 0 Å². The van der Waals surface area contributed by atoms with Gasteiger partial charge in [-0.05, 0) is 37.0 Å². The normalized spacial score (nSPS) is 28.1. The van der Waals surface area contributed by atoms with Crippen molar-refractivity contribution >= 4 is 5.91 Å². The van der Waals surface area contributed by atoms with Gasteiger partial charge in [-0.2, -0.15) is 0 Å². The van der Waals surface area contributed by atoms with Crippen molar-refractivity contribution < 1.29 is 9.90 Å². The first-order chi connectivity index (χ1) is 8.63. The summed E-state index contributed by atoms with van der Waals surface area (Å²) in [5.74, 6) is 0.624. The average Bonchev–Trinajstić information content (AvgIpc) is 2.39. The van der Waals surface area contributed by atoms with E-state index in [9.17, 15) is 9.90 Å². The maximum Gasteiger partial charge on any atom is 0.223 e. The summed E-state index contributed by atoms with van der Waals surface area (Å²) in [6.07, 6.45) is 9.13. The molecule has 0 aromatic carbocycles. The summed E-state index contributed by atoms with van der Waals surface area (Å²) < 4.78 is 0. The number of rotatable bonds is 3. The summed E-state index contributed by atoms with van der Waals surface area (Å²) in [5, 5.41) is 9.22. The van der Waals surface area contributed by atoms with Crippen LogP contribution in [0.3, 0.4) is 0 Å². The van der Waals surface area contributed by atoms with E-state index in [2.05, 4.69) is 6.92 Å². The summed E-state index contributed by atoms with van der Waals surface area (Å²) in [5.41, 5.74) is 0.238. The van der Waals surface area contributed by atoms with Crippen molar-refractivity contribution in [2.75, 3.05) is 19.7 Å². The van der Waals surface area contributed by atoms with E-state index in [-0.39, 0.29) is 12.0 Å². The van der Waals surface area contributed by atoms with Gasteiger partial charge in [-0.15, -0.1) is 0 Å². The molecule has 104 valence electrons. The minimum Gasteiger partial charge on any atom is -0.396 e. The smallest absolute Gasteiger partial charge is 0.223 e. The molecule has 1 heterocycles. The summed E-state index contributed by atoms with van der Waals surface area (Å²) >= 11 is 0. The fourth-order valence-electron chi connectivity index (χ4n) is 3.50. The highest BCUT2D eigenvalue weighted by Crippen LogP contribution is 2.39. The van der Waals surface area contributed by atoms with Gasteiger partial charge in [-0.3, -0.25) is 4.79 Å². The highest BCUT2D eigenvalue weighted by atomic mass is 16.3. The Morgan fingerprint density at radius 2 is 2.00 bits per heavy atom. The van der Waals surface area contributed by atoms with E-state index < -0.39 is 0 Å². The predicted molar refractivity (Wildman–Crippen MR) is 72.2 cm³/mol. The third-order valence-electron chi connectivity index (χ3n) is 4.77. The van der Waals surface area contributed by atoms with E-state index in [4.69, 9.17) is 0 Å². The van der Waals surface area contributed by atoms with E-state index in [0.717, 1.165) is 25.9 Å². The zero-order chi connectivity index (χ0) is 13.0. The van der Waals surface area contributed by atoms with E-state index >= 15 is 0 Å². The first kappa shape index (κ1) is 13.9. The number of aliphatic hydroxyl groups is 1. The lowest BCUT2D eigenvalue weighted by Crippen LogP contribution is -2.43. The molecule has 3 heteroatoms. The highest BCUT2D eigenvalue weighted by Gasteiger charge is 2.32. The van der Waals surface area contributed by atoms with Gasteiger partial charge in [0.1, 0.15) is 0 Å². The molecular formula is C15H27NO2. The topological polar surface area (TPSA) is 40.5 Å². The van der Waals surface area contributed by atoms with Crippen LogP contribution in [0.1, 0.15) is 58.3 Å². The summed E-state index contributed by atoms with van der Waals surface area (Å²) in [7, 11) is 0. The lowest BCUT2D eigenvalue weighted by atomic mass is 9.73. The molecule has 3 nitrogen and oxygen atoms in total. The summed E-state index contributed by atoms with van der Waals surface area (Å²) in [6, 6.07) is 0. The van der Waals surface area contributed by atoms with Gasteiger partial charge >= 0.3 is 0 Å². The van der Waals surface area contributed by atoms with Crippen molar-refractivity contribution in [2.24, 2.45) is 11.3 Å². The van der Waals surface area contributed by atoms with Crippen molar-refractivity contribution in [2.45, 2.75) is 58.3 Å². The van der Waals surface area contributed by atoms with Crippen LogP contribution in [0.15, 0.2) is 0 Å². The van der Waals surface area contributed by atoms with Gasteiger partial charge in [0.15, 0.2) is 0 Å². The third-order valence-corrected chi connectivity index (χ3v) is 4.77. The number of amides is 1. The Morgan fingerprint density at radius 3 is 2.67 bits per heavy atom. The van der Waals surface area contributed by atoms with Crippen LogP contribution in [0.2, 0.25) is 0 Å². The molecule has 1 N–H and O–H groups in total. The van der Waals surface area contributed by atoms with Crippen LogP contribution in [0.5, 0.6) is 0 Å². The van der Waals surface area contributed by atoms with Crippen molar-refractivity contribution in [1.29, 1.82) is 0 Å². The van der Waals surface area contributed by atoms with Crippen LogP contribution < -0.4 is 0 Å². The molecule has 1 saturated carbocycles. The van der Waals surface area contributed by atoms with Crippen molar-refractivity contribution in [3.8, 4) is 0 Å². The number of piperidine rings is 1. The Hall–Kier alpha value is -0.570. The lowest BCUT2D eigenvalue weighted by Gasteiger charge is -2.37. The monoisotopic (exact) mass is 253 g/mol. The zero-order valence-corrected chi connectivity index (χ0v) is 11.7. The summed E-state index contributed by atoms with van der Waals surface area (Å²) in [4.78, 5) is 14.4.